The summed E-state index contributed by atoms with van der Waals surface area (Å²) in [5.74, 6) is 0.431. The Morgan fingerprint density at radius 1 is 1.10 bits per heavy atom. The van der Waals surface area contributed by atoms with Crippen molar-refractivity contribution in [3.05, 3.63) is 81.0 Å². The Morgan fingerprint density at radius 3 is 2.56 bits per heavy atom. The maximum absolute atomic E-state index is 13.1. The van der Waals surface area contributed by atoms with Crippen LogP contribution in [0, 0.1) is 0 Å². The highest BCUT2D eigenvalue weighted by molar-refractivity contribution is 6.39. The van der Waals surface area contributed by atoms with Crippen molar-refractivity contribution in [3.8, 4) is 11.1 Å². The molecule has 1 fully saturated rings. The molecule has 3 aromatic heterocycles. The minimum Gasteiger partial charge on any atom is -0.386 e. The molecule has 9 nitrogen and oxygen atoms in total. The maximum Gasteiger partial charge on any atom is 0.256 e. The SMILES string of the molecule is CC(C)(O)c1cc(Cl)c(Nc2nc3ccc(-c4cnn(CC5OCCO5)c4)cc3c3c(=O)[nH]ccc23)c(Cl)c1. The molecule has 0 saturated carbocycles. The first-order valence-electron chi connectivity index (χ1n) is 12.4. The lowest BCUT2D eigenvalue weighted by molar-refractivity contribution is -0.0545. The van der Waals surface area contributed by atoms with Crippen LogP contribution in [-0.4, -0.2) is 44.4 Å². The number of H-pyrrole nitrogens is 1. The summed E-state index contributed by atoms with van der Waals surface area (Å²) in [4.78, 5) is 20.7. The van der Waals surface area contributed by atoms with Gasteiger partial charge >= 0.3 is 0 Å². The zero-order valence-electron chi connectivity index (χ0n) is 21.2. The summed E-state index contributed by atoms with van der Waals surface area (Å²) in [5.41, 5.74) is 2.05. The number of benzene rings is 2. The van der Waals surface area contributed by atoms with E-state index in [1.165, 1.54) is 0 Å². The second-order valence-corrected chi connectivity index (χ2v) is 10.7. The molecular weight excluding hydrogens is 541 g/mol. The average molecular weight is 566 g/mol. The number of hydrogen-bond donors (Lipinski definition) is 3. The molecule has 5 aromatic rings. The van der Waals surface area contributed by atoms with Crippen molar-refractivity contribution in [1.29, 1.82) is 0 Å². The highest BCUT2D eigenvalue weighted by Gasteiger charge is 2.21. The van der Waals surface area contributed by atoms with Crippen LogP contribution in [-0.2, 0) is 21.6 Å². The molecule has 0 radical (unpaired) electrons. The third-order valence-electron chi connectivity index (χ3n) is 6.70. The highest BCUT2D eigenvalue weighted by Crippen LogP contribution is 2.39. The molecule has 0 atom stereocenters. The second-order valence-electron chi connectivity index (χ2n) is 9.91. The van der Waals surface area contributed by atoms with Gasteiger partial charge < -0.3 is 24.9 Å². The molecule has 1 saturated heterocycles. The van der Waals surface area contributed by atoms with E-state index in [0.29, 0.717) is 68.5 Å². The fourth-order valence-electron chi connectivity index (χ4n) is 4.67. The summed E-state index contributed by atoms with van der Waals surface area (Å²) in [6.45, 7) is 4.97. The van der Waals surface area contributed by atoms with Crippen LogP contribution < -0.4 is 10.9 Å². The van der Waals surface area contributed by atoms with Crippen LogP contribution in [0.25, 0.3) is 32.8 Å². The summed E-state index contributed by atoms with van der Waals surface area (Å²) in [6.07, 6.45) is 4.96. The number of nitrogens with one attached hydrogen (secondary N) is 2. The minimum atomic E-state index is -1.11. The van der Waals surface area contributed by atoms with E-state index < -0.39 is 5.60 Å². The molecule has 0 unspecified atom stereocenters. The first-order chi connectivity index (χ1) is 18.7. The molecule has 39 heavy (non-hydrogen) atoms. The van der Waals surface area contributed by atoms with E-state index in [9.17, 15) is 9.90 Å². The van der Waals surface area contributed by atoms with Gasteiger partial charge in [0, 0.05) is 28.7 Å². The molecule has 2 aromatic carbocycles. The Morgan fingerprint density at radius 2 is 1.85 bits per heavy atom. The lowest BCUT2D eigenvalue weighted by atomic mass is 9.98. The standard InChI is InChI=1S/C28H25Cl2N5O4/c1-28(2,37)17-10-20(29)25(21(30)11-17)34-26-18-5-6-31-27(36)24(18)19-9-15(3-4-22(19)33-26)16-12-32-35(13-16)14-23-38-7-8-39-23/h3-6,9-13,23,37H,7-8,14H2,1-2H3,(H,31,36)(H,33,34). The van der Waals surface area contributed by atoms with Crippen molar-refractivity contribution >= 4 is 56.4 Å². The predicted octanol–water partition coefficient (Wildman–Crippen LogP) is 5.59. The number of pyridine rings is 2. The van der Waals surface area contributed by atoms with E-state index in [1.807, 2.05) is 24.4 Å². The Bertz CT molecular complexity index is 1750. The zero-order valence-corrected chi connectivity index (χ0v) is 22.7. The molecule has 6 rings (SSSR count). The monoisotopic (exact) mass is 565 g/mol. The minimum absolute atomic E-state index is 0.249. The van der Waals surface area contributed by atoms with Crippen LogP contribution in [0.15, 0.2) is 59.8 Å². The number of anilines is 2. The lowest BCUT2D eigenvalue weighted by Crippen LogP contribution is -2.16. The Balaban J connectivity index is 1.42. The largest absolute Gasteiger partial charge is 0.386 e. The Hall–Kier alpha value is -3.47. The third kappa shape index (κ3) is 4.99. The number of hydrogen-bond acceptors (Lipinski definition) is 7. The summed E-state index contributed by atoms with van der Waals surface area (Å²) < 4.78 is 12.8. The van der Waals surface area contributed by atoms with Crippen LogP contribution in [0.4, 0.5) is 11.5 Å². The van der Waals surface area contributed by atoms with Crippen LogP contribution in [0.1, 0.15) is 19.4 Å². The van der Waals surface area contributed by atoms with Gasteiger partial charge in [0.2, 0.25) is 0 Å². The summed E-state index contributed by atoms with van der Waals surface area (Å²) in [5, 5.41) is 20.4. The number of rotatable bonds is 6. The van der Waals surface area contributed by atoms with Crippen molar-refractivity contribution in [2.45, 2.75) is 32.3 Å². The van der Waals surface area contributed by atoms with Gasteiger partial charge in [-0.25, -0.2) is 4.98 Å². The van der Waals surface area contributed by atoms with Crippen LogP contribution in [0.2, 0.25) is 10.0 Å². The smallest absolute Gasteiger partial charge is 0.256 e. The van der Waals surface area contributed by atoms with Crippen LogP contribution in [0.3, 0.4) is 0 Å². The lowest BCUT2D eigenvalue weighted by Gasteiger charge is -2.20. The molecule has 0 aliphatic carbocycles. The molecule has 0 spiro atoms. The van der Waals surface area contributed by atoms with Gasteiger partial charge in [0.05, 0.1) is 58.2 Å². The van der Waals surface area contributed by atoms with E-state index in [1.54, 1.807) is 49.1 Å². The molecule has 11 heteroatoms. The summed E-state index contributed by atoms with van der Waals surface area (Å²) in [6, 6.07) is 10.8. The van der Waals surface area contributed by atoms with Gasteiger partial charge in [-0.15, -0.1) is 0 Å². The second kappa shape index (κ2) is 9.93. The Kier molecular flexibility index (Phi) is 6.57. The number of aliphatic hydroxyl groups is 1. The summed E-state index contributed by atoms with van der Waals surface area (Å²) >= 11 is 13.1. The molecule has 0 bridgehead atoms. The number of ether oxygens (including phenoxy) is 2. The summed E-state index contributed by atoms with van der Waals surface area (Å²) in [7, 11) is 0. The molecule has 4 heterocycles. The fraction of sp³-hybridized carbons (Fsp3) is 0.250. The van der Waals surface area contributed by atoms with E-state index in [4.69, 9.17) is 37.7 Å². The molecule has 0 amide bonds. The molecule has 3 N–H and O–H groups in total. The molecule has 1 aliphatic heterocycles. The molecular formula is C28H25Cl2N5O4. The van der Waals surface area contributed by atoms with Gasteiger partial charge in [0.25, 0.3) is 5.56 Å². The van der Waals surface area contributed by atoms with E-state index in [0.717, 1.165) is 11.1 Å². The van der Waals surface area contributed by atoms with Crippen molar-refractivity contribution < 1.29 is 14.6 Å². The number of aromatic nitrogens is 4. The van der Waals surface area contributed by atoms with Crippen molar-refractivity contribution in [3.63, 3.8) is 0 Å². The number of nitrogens with zero attached hydrogens (tertiary/aromatic N) is 3. The molecule has 1 aliphatic rings. The topological polar surface area (TPSA) is 114 Å². The first kappa shape index (κ1) is 25.8. The number of fused-ring (bicyclic) bond motifs is 3. The van der Waals surface area contributed by atoms with Gasteiger partial charge in [-0.2, -0.15) is 5.10 Å². The zero-order chi connectivity index (χ0) is 27.3. The van der Waals surface area contributed by atoms with E-state index in [2.05, 4.69) is 15.4 Å². The third-order valence-corrected chi connectivity index (χ3v) is 7.30. The van der Waals surface area contributed by atoms with E-state index >= 15 is 0 Å². The van der Waals surface area contributed by atoms with Crippen molar-refractivity contribution in [2.75, 3.05) is 18.5 Å². The van der Waals surface area contributed by atoms with E-state index in [-0.39, 0.29) is 11.8 Å². The van der Waals surface area contributed by atoms with Gasteiger partial charge in [-0.1, -0.05) is 29.3 Å². The maximum atomic E-state index is 13.1. The Labute approximate surface area is 233 Å². The predicted molar refractivity (Wildman–Crippen MR) is 152 cm³/mol. The van der Waals surface area contributed by atoms with Crippen LogP contribution >= 0.6 is 23.2 Å². The molecule has 200 valence electrons. The van der Waals surface area contributed by atoms with Crippen molar-refractivity contribution in [1.82, 2.24) is 19.7 Å². The normalized spacial score (nSPS) is 14.5. The van der Waals surface area contributed by atoms with Gasteiger partial charge in [0.1, 0.15) is 5.82 Å². The van der Waals surface area contributed by atoms with Crippen LogP contribution in [0.5, 0.6) is 0 Å². The fourth-order valence-corrected chi connectivity index (χ4v) is 5.26. The highest BCUT2D eigenvalue weighted by atomic mass is 35.5. The van der Waals surface area contributed by atoms with Gasteiger partial charge in [-0.3, -0.25) is 9.48 Å². The van der Waals surface area contributed by atoms with Gasteiger partial charge in [0.15, 0.2) is 6.29 Å². The average Bonchev–Trinajstić information content (AvgIpc) is 3.58. The number of halogens is 2. The quantitative estimate of drug-likeness (QED) is 0.230. The van der Waals surface area contributed by atoms with Gasteiger partial charge in [-0.05, 0) is 55.3 Å². The van der Waals surface area contributed by atoms with Crippen molar-refractivity contribution in [2.24, 2.45) is 0 Å². The number of aromatic amines is 1. The first-order valence-corrected chi connectivity index (χ1v) is 13.1.